The van der Waals surface area contributed by atoms with Gasteiger partial charge in [0.2, 0.25) is 0 Å². The van der Waals surface area contributed by atoms with Crippen LogP contribution in [0.15, 0.2) is 30.3 Å². The Kier molecular flexibility index (Phi) is 8.61. The molecule has 0 heterocycles. The third-order valence-corrected chi connectivity index (χ3v) is 4.32. The predicted molar refractivity (Wildman–Crippen MR) is 114 cm³/mol. The maximum atomic E-state index is 12.5. The van der Waals surface area contributed by atoms with Crippen molar-refractivity contribution in [3.63, 3.8) is 0 Å². The number of carbonyl (C=O) groups excluding carboxylic acids is 4. The number of amides is 1. The monoisotopic (exact) mass is 461 g/mol. The van der Waals surface area contributed by atoms with Crippen LogP contribution in [0.25, 0.3) is 0 Å². The highest BCUT2D eigenvalue weighted by molar-refractivity contribution is 6.00. The zero-order valence-electron chi connectivity index (χ0n) is 18.7. The van der Waals surface area contributed by atoms with Crippen LogP contribution < -0.4 is 19.5 Å². The van der Waals surface area contributed by atoms with Crippen LogP contribution in [-0.2, 0) is 19.0 Å². The van der Waals surface area contributed by atoms with E-state index in [1.165, 1.54) is 65.9 Å². The van der Waals surface area contributed by atoms with E-state index in [1.807, 2.05) is 0 Å². The summed E-state index contributed by atoms with van der Waals surface area (Å²) in [6, 6.07) is 6.67. The minimum Gasteiger partial charge on any atom is -0.496 e. The number of rotatable bonds is 9. The molecule has 0 unspecified atom stereocenters. The second kappa shape index (κ2) is 11.4. The number of carbonyl (C=O) groups is 4. The van der Waals surface area contributed by atoms with Crippen molar-refractivity contribution in [2.75, 3.05) is 47.5 Å². The molecule has 2 aromatic rings. The first-order valence-electron chi connectivity index (χ1n) is 9.36. The lowest BCUT2D eigenvalue weighted by atomic mass is 10.1. The van der Waals surface area contributed by atoms with Gasteiger partial charge in [-0.25, -0.2) is 14.4 Å². The van der Waals surface area contributed by atoms with E-state index in [9.17, 15) is 19.2 Å². The molecule has 11 nitrogen and oxygen atoms in total. The topological polar surface area (TPSA) is 136 Å². The molecule has 2 aromatic carbocycles. The largest absolute Gasteiger partial charge is 0.496 e. The molecule has 0 saturated carbocycles. The molecule has 0 bridgehead atoms. The van der Waals surface area contributed by atoms with E-state index >= 15 is 0 Å². The standard InChI is InChI=1S/C22H23NO10/c1-28-16-10-18(30-3)17(29-2)9-15(16)22(27)33-11-19(24)23-14-7-12(20(25)31-4)6-13(8-14)21(26)32-5/h6-10H,11H2,1-5H3,(H,23,24). The summed E-state index contributed by atoms with van der Waals surface area (Å²) < 4.78 is 29.9. The average Bonchev–Trinajstić information content (AvgIpc) is 2.84. The van der Waals surface area contributed by atoms with E-state index < -0.39 is 30.4 Å². The highest BCUT2D eigenvalue weighted by Crippen LogP contribution is 2.34. The molecule has 11 heteroatoms. The summed E-state index contributed by atoms with van der Waals surface area (Å²) in [6.07, 6.45) is 0. The minimum atomic E-state index is -0.846. The summed E-state index contributed by atoms with van der Waals surface area (Å²) in [5.74, 6) is -2.24. The van der Waals surface area contributed by atoms with Crippen molar-refractivity contribution in [3.05, 3.63) is 47.0 Å². The van der Waals surface area contributed by atoms with Gasteiger partial charge in [0.25, 0.3) is 5.91 Å². The summed E-state index contributed by atoms with van der Waals surface area (Å²) in [5, 5.41) is 2.45. The maximum absolute atomic E-state index is 12.5. The predicted octanol–water partition coefficient (Wildman–Crippen LogP) is 2.08. The molecule has 0 radical (unpaired) electrons. The Morgan fingerprint density at radius 1 is 0.667 bits per heavy atom. The molecule has 0 aromatic heterocycles. The molecule has 33 heavy (non-hydrogen) atoms. The zero-order chi connectivity index (χ0) is 24.5. The Morgan fingerprint density at radius 2 is 1.18 bits per heavy atom. The zero-order valence-corrected chi connectivity index (χ0v) is 18.7. The fraction of sp³-hybridized carbons (Fsp3) is 0.273. The van der Waals surface area contributed by atoms with Crippen molar-refractivity contribution >= 4 is 29.5 Å². The molecule has 0 saturated heterocycles. The van der Waals surface area contributed by atoms with Crippen molar-refractivity contribution in [1.82, 2.24) is 0 Å². The van der Waals surface area contributed by atoms with Gasteiger partial charge in [0.1, 0.15) is 11.3 Å². The van der Waals surface area contributed by atoms with E-state index in [0.717, 1.165) is 0 Å². The third-order valence-electron chi connectivity index (χ3n) is 4.32. The third kappa shape index (κ3) is 6.12. The van der Waals surface area contributed by atoms with Crippen LogP contribution in [-0.4, -0.2) is 66.0 Å². The van der Waals surface area contributed by atoms with E-state index in [2.05, 4.69) is 14.8 Å². The van der Waals surface area contributed by atoms with Gasteiger partial charge in [-0.3, -0.25) is 4.79 Å². The van der Waals surface area contributed by atoms with Crippen molar-refractivity contribution < 1.29 is 47.6 Å². The van der Waals surface area contributed by atoms with Gasteiger partial charge < -0.3 is 33.7 Å². The van der Waals surface area contributed by atoms with Crippen LogP contribution in [0.3, 0.4) is 0 Å². The number of esters is 3. The summed E-state index contributed by atoms with van der Waals surface area (Å²) in [5.41, 5.74) is 0.150. The molecule has 0 aliphatic carbocycles. The molecular formula is C22H23NO10. The first-order chi connectivity index (χ1) is 15.8. The molecule has 1 amide bonds. The lowest BCUT2D eigenvalue weighted by Gasteiger charge is -2.14. The number of nitrogens with one attached hydrogen (secondary N) is 1. The smallest absolute Gasteiger partial charge is 0.342 e. The second-order valence-corrected chi connectivity index (χ2v) is 6.31. The quantitative estimate of drug-likeness (QED) is 0.437. The molecule has 176 valence electrons. The van der Waals surface area contributed by atoms with Crippen molar-refractivity contribution in [2.24, 2.45) is 0 Å². The second-order valence-electron chi connectivity index (χ2n) is 6.31. The van der Waals surface area contributed by atoms with Gasteiger partial charge in [-0.15, -0.1) is 0 Å². The molecule has 0 spiro atoms. The molecular weight excluding hydrogens is 438 g/mol. The van der Waals surface area contributed by atoms with Crippen LogP contribution in [0.4, 0.5) is 5.69 Å². The highest BCUT2D eigenvalue weighted by atomic mass is 16.5. The lowest BCUT2D eigenvalue weighted by Crippen LogP contribution is -2.22. The summed E-state index contributed by atoms with van der Waals surface area (Å²) in [4.78, 5) is 48.6. The summed E-state index contributed by atoms with van der Waals surface area (Å²) >= 11 is 0. The van der Waals surface area contributed by atoms with Crippen LogP contribution in [0, 0.1) is 0 Å². The van der Waals surface area contributed by atoms with E-state index in [4.69, 9.17) is 18.9 Å². The first kappa shape index (κ1) is 25.0. The number of methoxy groups -OCH3 is 5. The molecule has 0 aliphatic rings. The minimum absolute atomic E-state index is 0.0164. The summed E-state index contributed by atoms with van der Waals surface area (Å²) in [6.45, 7) is -0.660. The fourth-order valence-electron chi connectivity index (χ4n) is 2.77. The normalized spacial score (nSPS) is 9.97. The fourth-order valence-corrected chi connectivity index (χ4v) is 2.77. The summed E-state index contributed by atoms with van der Waals surface area (Å²) in [7, 11) is 6.54. The molecule has 0 fully saturated rings. The van der Waals surface area contributed by atoms with Gasteiger partial charge in [-0.2, -0.15) is 0 Å². The van der Waals surface area contributed by atoms with Crippen LogP contribution >= 0.6 is 0 Å². The first-order valence-corrected chi connectivity index (χ1v) is 9.36. The van der Waals surface area contributed by atoms with Gasteiger partial charge in [0, 0.05) is 17.8 Å². The van der Waals surface area contributed by atoms with Crippen LogP contribution in [0.2, 0.25) is 0 Å². The van der Waals surface area contributed by atoms with Gasteiger partial charge >= 0.3 is 17.9 Å². The number of hydrogen-bond donors (Lipinski definition) is 1. The Morgan fingerprint density at radius 3 is 1.67 bits per heavy atom. The Balaban J connectivity index is 2.17. The van der Waals surface area contributed by atoms with Gasteiger partial charge in [-0.05, 0) is 18.2 Å². The Labute approximate surface area is 189 Å². The van der Waals surface area contributed by atoms with Crippen LogP contribution in [0.1, 0.15) is 31.1 Å². The van der Waals surface area contributed by atoms with E-state index in [-0.39, 0.29) is 33.9 Å². The SMILES string of the molecule is COC(=O)c1cc(NC(=O)COC(=O)c2cc(OC)c(OC)cc2OC)cc(C(=O)OC)c1. The van der Waals surface area contributed by atoms with Crippen LogP contribution in [0.5, 0.6) is 17.2 Å². The van der Waals surface area contributed by atoms with Crippen molar-refractivity contribution in [3.8, 4) is 17.2 Å². The molecule has 0 aliphatic heterocycles. The molecule has 0 atom stereocenters. The van der Waals surface area contributed by atoms with Gasteiger partial charge in [0.05, 0.1) is 46.7 Å². The van der Waals surface area contributed by atoms with Gasteiger partial charge in [-0.1, -0.05) is 0 Å². The number of hydrogen-bond acceptors (Lipinski definition) is 10. The molecule has 2 rings (SSSR count). The van der Waals surface area contributed by atoms with Crippen molar-refractivity contribution in [1.29, 1.82) is 0 Å². The maximum Gasteiger partial charge on any atom is 0.342 e. The van der Waals surface area contributed by atoms with Gasteiger partial charge in [0.15, 0.2) is 18.1 Å². The lowest BCUT2D eigenvalue weighted by molar-refractivity contribution is -0.119. The highest BCUT2D eigenvalue weighted by Gasteiger charge is 2.20. The van der Waals surface area contributed by atoms with E-state index in [0.29, 0.717) is 5.75 Å². The number of anilines is 1. The number of benzene rings is 2. The molecule has 1 N–H and O–H groups in total. The number of ether oxygens (including phenoxy) is 6. The van der Waals surface area contributed by atoms with E-state index in [1.54, 1.807) is 0 Å². The Bertz CT molecular complexity index is 1030. The average molecular weight is 461 g/mol. The van der Waals surface area contributed by atoms with Crippen molar-refractivity contribution in [2.45, 2.75) is 0 Å². The Hall–Kier alpha value is -4.28.